The second-order valence-corrected chi connectivity index (χ2v) is 12.1. The molecular weight excluding hydrogens is 583 g/mol. The number of hydrogen-bond acceptors (Lipinski definition) is 7. The molecule has 0 radical (unpaired) electrons. The highest BCUT2D eigenvalue weighted by molar-refractivity contribution is 6.01. The summed E-state index contributed by atoms with van der Waals surface area (Å²) >= 11 is 0. The molecule has 0 spiro atoms. The van der Waals surface area contributed by atoms with Crippen molar-refractivity contribution >= 4 is 33.4 Å². The molecule has 46 heavy (non-hydrogen) atoms. The quantitative estimate of drug-likeness (QED) is 0.162. The molecule has 0 atom stereocenters. The van der Waals surface area contributed by atoms with E-state index >= 15 is 0 Å². The smallest absolute Gasteiger partial charge is 0.227 e. The monoisotopic (exact) mass is 618 g/mol. The number of likely N-dealkylation sites (N-methyl/N-ethyl adjacent to an activating group) is 1. The lowest BCUT2D eigenvalue weighted by atomic mass is 9.88. The van der Waals surface area contributed by atoms with E-state index in [9.17, 15) is 9.18 Å². The molecule has 11 heteroatoms. The lowest BCUT2D eigenvalue weighted by Gasteiger charge is -2.20. The Kier molecular flexibility index (Phi) is 8.15. The van der Waals surface area contributed by atoms with Gasteiger partial charge in [0.15, 0.2) is 0 Å². The summed E-state index contributed by atoms with van der Waals surface area (Å²) in [4.78, 5) is 31.7. The first-order valence-electron chi connectivity index (χ1n) is 15.6. The molecule has 1 saturated carbocycles. The fraction of sp³-hybridized carbons (Fsp3) is 0.286. The lowest BCUT2D eigenvalue weighted by Crippen LogP contribution is -2.24. The molecule has 1 aliphatic carbocycles. The van der Waals surface area contributed by atoms with E-state index in [1.54, 1.807) is 31.0 Å². The van der Waals surface area contributed by atoms with Crippen molar-refractivity contribution < 1.29 is 13.9 Å². The highest BCUT2D eigenvalue weighted by atomic mass is 19.1. The van der Waals surface area contributed by atoms with Crippen molar-refractivity contribution in [1.29, 1.82) is 0 Å². The van der Waals surface area contributed by atoms with Gasteiger partial charge < -0.3 is 19.9 Å². The van der Waals surface area contributed by atoms with Gasteiger partial charge in [0.25, 0.3) is 0 Å². The number of aromatic amines is 2. The molecule has 1 aromatic carbocycles. The van der Waals surface area contributed by atoms with Gasteiger partial charge in [-0.05, 0) is 62.8 Å². The first kappa shape index (κ1) is 29.5. The number of carbonyl (C=O) groups excluding carboxylic acids is 1. The number of anilines is 1. The molecule has 5 aromatic heterocycles. The van der Waals surface area contributed by atoms with Crippen LogP contribution in [0.25, 0.3) is 55.6 Å². The van der Waals surface area contributed by atoms with Crippen LogP contribution < -0.4 is 10.1 Å². The van der Waals surface area contributed by atoms with E-state index in [2.05, 4.69) is 35.5 Å². The van der Waals surface area contributed by atoms with Crippen LogP contribution in [0.2, 0.25) is 0 Å². The van der Waals surface area contributed by atoms with E-state index in [-0.39, 0.29) is 17.6 Å². The van der Waals surface area contributed by atoms with Crippen LogP contribution in [-0.2, 0) is 4.79 Å². The fourth-order valence-electron chi connectivity index (χ4n) is 6.09. The first-order chi connectivity index (χ1) is 22.4. The molecule has 3 N–H and O–H groups in total. The maximum absolute atomic E-state index is 14.7. The summed E-state index contributed by atoms with van der Waals surface area (Å²) in [5, 5.41) is 12.5. The maximum Gasteiger partial charge on any atom is 0.227 e. The predicted octanol–water partition coefficient (Wildman–Crippen LogP) is 6.83. The summed E-state index contributed by atoms with van der Waals surface area (Å²) in [6.07, 6.45) is 13.9. The van der Waals surface area contributed by atoms with Crippen LogP contribution in [0.4, 0.5) is 10.1 Å². The number of ether oxygens (including phenoxy) is 1. The third-order valence-electron chi connectivity index (χ3n) is 8.52. The van der Waals surface area contributed by atoms with Gasteiger partial charge in [-0.3, -0.25) is 24.8 Å². The minimum Gasteiger partial charge on any atom is -0.492 e. The van der Waals surface area contributed by atoms with Gasteiger partial charge in [0.1, 0.15) is 23.9 Å². The van der Waals surface area contributed by atoms with Crippen LogP contribution in [0.15, 0.2) is 67.4 Å². The van der Waals surface area contributed by atoms with Crippen LogP contribution in [-0.4, -0.2) is 68.2 Å². The van der Waals surface area contributed by atoms with Gasteiger partial charge in [-0.15, -0.1) is 0 Å². The van der Waals surface area contributed by atoms with Crippen LogP contribution in [0.3, 0.4) is 0 Å². The molecule has 7 rings (SSSR count). The van der Waals surface area contributed by atoms with E-state index in [1.165, 1.54) is 18.6 Å². The molecule has 6 aromatic rings. The Morgan fingerprint density at radius 3 is 2.63 bits per heavy atom. The highest BCUT2D eigenvalue weighted by Gasteiger charge is 2.21. The van der Waals surface area contributed by atoms with Crippen molar-refractivity contribution in [3.8, 4) is 39.5 Å². The number of carbonyl (C=O) groups is 1. The van der Waals surface area contributed by atoms with Gasteiger partial charge in [-0.1, -0.05) is 19.3 Å². The Morgan fingerprint density at radius 1 is 0.935 bits per heavy atom. The number of pyridine rings is 3. The number of amides is 1. The first-order valence-corrected chi connectivity index (χ1v) is 15.6. The molecule has 1 amide bonds. The Hall–Kier alpha value is -5.16. The molecular formula is C35H35FN8O2. The molecule has 234 valence electrons. The van der Waals surface area contributed by atoms with Gasteiger partial charge >= 0.3 is 0 Å². The Balaban J connectivity index is 1.19. The summed E-state index contributed by atoms with van der Waals surface area (Å²) in [7, 11) is 3.93. The third kappa shape index (κ3) is 6.18. The van der Waals surface area contributed by atoms with Crippen LogP contribution in [0.5, 0.6) is 5.75 Å². The van der Waals surface area contributed by atoms with Gasteiger partial charge in [-0.2, -0.15) is 5.10 Å². The Morgan fingerprint density at radius 2 is 1.78 bits per heavy atom. The molecule has 0 saturated heterocycles. The standard InChI is InChI=1S/C35H35FN8O2/c1-44(2)8-9-46-26-12-22(10-24(36)13-26)29-18-38-19-32-27(29)14-31(41-32)34-28-15-30(39-20-33(28)42-43-34)23-11-25(17-37-16-23)40-35(45)21-6-4-3-5-7-21/h10-21,41H,3-9H2,1-2H3,(H,40,45)(H,42,43). The largest absolute Gasteiger partial charge is 0.492 e. The zero-order valence-electron chi connectivity index (χ0n) is 25.8. The number of nitrogens with one attached hydrogen (secondary N) is 3. The highest BCUT2D eigenvalue weighted by Crippen LogP contribution is 2.36. The summed E-state index contributed by atoms with van der Waals surface area (Å²) < 4.78 is 20.5. The number of aromatic nitrogens is 6. The summed E-state index contributed by atoms with van der Waals surface area (Å²) in [5.41, 5.74) is 6.65. The number of nitrogens with zero attached hydrogens (tertiary/aromatic N) is 5. The number of H-pyrrole nitrogens is 2. The minimum absolute atomic E-state index is 0.0526. The second-order valence-electron chi connectivity index (χ2n) is 12.1. The number of hydrogen-bond donors (Lipinski definition) is 3. The number of halogens is 1. The molecule has 1 aliphatic rings. The molecule has 0 bridgehead atoms. The van der Waals surface area contributed by atoms with Crippen molar-refractivity contribution in [3.63, 3.8) is 0 Å². The Bertz CT molecular complexity index is 2030. The van der Waals surface area contributed by atoms with Crippen LogP contribution in [0.1, 0.15) is 32.1 Å². The van der Waals surface area contributed by atoms with Crippen molar-refractivity contribution in [3.05, 3.63) is 73.2 Å². The maximum atomic E-state index is 14.7. The Labute approximate surface area is 265 Å². The van der Waals surface area contributed by atoms with E-state index in [4.69, 9.17) is 4.74 Å². The summed E-state index contributed by atoms with van der Waals surface area (Å²) in [6.45, 7) is 1.17. The zero-order chi connectivity index (χ0) is 31.6. The van der Waals surface area contributed by atoms with E-state index in [0.29, 0.717) is 35.0 Å². The van der Waals surface area contributed by atoms with Gasteiger partial charge in [0.2, 0.25) is 5.91 Å². The van der Waals surface area contributed by atoms with Gasteiger partial charge in [0.05, 0.1) is 46.7 Å². The second kappa shape index (κ2) is 12.7. The topological polar surface area (TPSA) is 125 Å². The summed E-state index contributed by atoms with van der Waals surface area (Å²) in [6, 6.07) is 10.6. The van der Waals surface area contributed by atoms with E-state index in [1.807, 2.05) is 43.3 Å². The number of benzene rings is 1. The van der Waals surface area contributed by atoms with Crippen molar-refractivity contribution in [1.82, 2.24) is 35.0 Å². The molecule has 0 unspecified atom stereocenters. The molecule has 1 fully saturated rings. The zero-order valence-corrected chi connectivity index (χ0v) is 25.8. The molecule has 0 aliphatic heterocycles. The van der Waals surface area contributed by atoms with E-state index in [0.717, 1.165) is 70.9 Å². The summed E-state index contributed by atoms with van der Waals surface area (Å²) in [5.74, 6) is 0.195. The minimum atomic E-state index is -0.379. The average molecular weight is 619 g/mol. The molecule has 10 nitrogen and oxygen atoms in total. The van der Waals surface area contributed by atoms with Gasteiger partial charge in [0, 0.05) is 52.8 Å². The van der Waals surface area contributed by atoms with Crippen molar-refractivity contribution in [2.45, 2.75) is 32.1 Å². The number of rotatable bonds is 9. The van der Waals surface area contributed by atoms with E-state index < -0.39 is 0 Å². The predicted molar refractivity (Wildman–Crippen MR) is 177 cm³/mol. The number of fused-ring (bicyclic) bond motifs is 2. The SMILES string of the molecule is CN(C)CCOc1cc(F)cc(-c2cncc3[nH]c(-c4n[nH]c5cnc(-c6cncc(NC(=O)C7CCCCC7)c6)cc45)cc23)c1. The van der Waals surface area contributed by atoms with Crippen LogP contribution in [0, 0.1) is 11.7 Å². The third-order valence-corrected chi connectivity index (χ3v) is 8.52. The normalized spacial score (nSPS) is 13.9. The lowest BCUT2D eigenvalue weighted by molar-refractivity contribution is -0.120. The average Bonchev–Trinajstić information content (AvgIpc) is 3.69. The van der Waals surface area contributed by atoms with Crippen molar-refractivity contribution in [2.75, 3.05) is 32.6 Å². The van der Waals surface area contributed by atoms with Gasteiger partial charge in [-0.25, -0.2) is 4.39 Å². The van der Waals surface area contributed by atoms with Crippen LogP contribution >= 0.6 is 0 Å². The van der Waals surface area contributed by atoms with Crippen molar-refractivity contribution in [2.24, 2.45) is 5.92 Å². The molecule has 5 heterocycles. The fourth-order valence-corrected chi connectivity index (χ4v) is 6.09.